The number of carbonyl (C=O) groups excluding carboxylic acids is 2. The van der Waals surface area contributed by atoms with Gasteiger partial charge in [-0.15, -0.1) is 0 Å². The molecule has 0 unspecified atom stereocenters. The summed E-state index contributed by atoms with van der Waals surface area (Å²) in [5.74, 6) is -0.0545. The van der Waals surface area contributed by atoms with Crippen LogP contribution in [0.5, 0.6) is 0 Å². The van der Waals surface area contributed by atoms with E-state index in [1.807, 2.05) is 23.1 Å². The molecule has 2 heterocycles. The number of ether oxygens (including phenoxy) is 2. The van der Waals surface area contributed by atoms with Gasteiger partial charge in [-0.1, -0.05) is 19.3 Å². The first-order valence-corrected chi connectivity index (χ1v) is 12.1. The highest BCUT2D eigenvalue weighted by Gasteiger charge is 2.25. The van der Waals surface area contributed by atoms with Crippen molar-refractivity contribution in [2.75, 3.05) is 51.5 Å². The minimum atomic E-state index is -0.108. The molecule has 1 aromatic rings. The third-order valence-electron chi connectivity index (χ3n) is 6.51. The van der Waals surface area contributed by atoms with Crippen LogP contribution in [0.4, 0.5) is 5.69 Å². The number of carbonyl (C=O) groups is 2. The van der Waals surface area contributed by atoms with E-state index in [4.69, 9.17) is 9.47 Å². The van der Waals surface area contributed by atoms with E-state index in [1.54, 1.807) is 14.0 Å². The molecular weight excluding hydrogens is 406 g/mol. The molecule has 7 nitrogen and oxygen atoms in total. The van der Waals surface area contributed by atoms with Crippen molar-refractivity contribution in [3.63, 3.8) is 0 Å². The molecule has 1 saturated heterocycles. The van der Waals surface area contributed by atoms with E-state index in [0.717, 1.165) is 69.8 Å². The summed E-state index contributed by atoms with van der Waals surface area (Å²) in [6.07, 6.45) is 7.81. The lowest BCUT2D eigenvalue weighted by Crippen LogP contribution is -2.40. The van der Waals surface area contributed by atoms with E-state index in [1.165, 1.54) is 19.3 Å². The Morgan fingerprint density at radius 2 is 1.81 bits per heavy atom. The summed E-state index contributed by atoms with van der Waals surface area (Å²) in [6.45, 7) is 6.69. The third kappa shape index (κ3) is 7.02. The van der Waals surface area contributed by atoms with E-state index in [2.05, 4.69) is 10.2 Å². The highest BCUT2D eigenvalue weighted by molar-refractivity contribution is 5.97. The summed E-state index contributed by atoms with van der Waals surface area (Å²) in [5, 5.41) is 2.91. The van der Waals surface area contributed by atoms with Crippen molar-refractivity contribution in [2.45, 2.75) is 64.5 Å². The van der Waals surface area contributed by atoms with Crippen LogP contribution in [0.3, 0.4) is 0 Å². The smallest absolute Gasteiger partial charge is 0.251 e. The summed E-state index contributed by atoms with van der Waals surface area (Å²) in [5.41, 5.74) is 2.61. The van der Waals surface area contributed by atoms with E-state index < -0.39 is 0 Å². The fraction of sp³-hybridized carbons (Fsp3) is 0.680. The molecule has 1 fully saturated rings. The second kappa shape index (κ2) is 12.9. The topological polar surface area (TPSA) is 71.1 Å². The fourth-order valence-electron chi connectivity index (χ4n) is 4.71. The van der Waals surface area contributed by atoms with Gasteiger partial charge in [0.15, 0.2) is 0 Å². The summed E-state index contributed by atoms with van der Waals surface area (Å²) in [7, 11) is 1.62. The van der Waals surface area contributed by atoms with Crippen molar-refractivity contribution in [3.05, 3.63) is 29.3 Å². The molecule has 0 spiro atoms. The molecule has 0 radical (unpaired) electrons. The highest BCUT2D eigenvalue weighted by Crippen LogP contribution is 2.28. The predicted octanol–water partition coefficient (Wildman–Crippen LogP) is 3.36. The lowest BCUT2D eigenvalue weighted by Gasteiger charge is -2.36. The Morgan fingerprint density at radius 3 is 2.53 bits per heavy atom. The average molecular weight is 446 g/mol. The first-order valence-electron chi connectivity index (χ1n) is 12.1. The first-order chi connectivity index (χ1) is 15.6. The third-order valence-corrected chi connectivity index (χ3v) is 6.51. The van der Waals surface area contributed by atoms with Crippen molar-refractivity contribution in [1.29, 1.82) is 0 Å². The molecule has 7 heteroatoms. The van der Waals surface area contributed by atoms with E-state index in [-0.39, 0.29) is 11.8 Å². The maximum Gasteiger partial charge on any atom is 0.251 e. The molecule has 0 bridgehead atoms. The Morgan fingerprint density at radius 1 is 1.09 bits per heavy atom. The van der Waals surface area contributed by atoms with Gasteiger partial charge < -0.3 is 19.7 Å². The number of hydrogen-bond donors (Lipinski definition) is 1. The molecule has 2 aliphatic heterocycles. The number of hydrogen-bond acceptors (Lipinski definition) is 5. The van der Waals surface area contributed by atoms with Gasteiger partial charge in [0, 0.05) is 64.2 Å². The van der Waals surface area contributed by atoms with Gasteiger partial charge in [0.25, 0.3) is 5.91 Å². The predicted molar refractivity (Wildman–Crippen MR) is 126 cm³/mol. The Labute approximate surface area is 192 Å². The zero-order valence-electron chi connectivity index (χ0n) is 19.7. The maximum atomic E-state index is 12.7. The molecule has 3 rings (SSSR count). The molecule has 0 atom stereocenters. The number of anilines is 1. The number of benzene rings is 1. The van der Waals surface area contributed by atoms with Crippen LogP contribution in [0.15, 0.2) is 18.2 Å². The van der Waals surface area contributed by atoms with Gasteiger partial charge in [-0.3, -0.25) is 14.5 Å². The van der Waals surface area contributed by atoms with Crippen molar-refractivity contribution in [2.24, 2.45) is 0 Å². The number of amides is 2. The normalized spacial score (nSPS) is 19.5. The van der Waals surface area contributed by atoms with Crippen molar-refractivity contribution in [3.8, 4) is 0 Å². The van der Waals surface area contributed by atoms with E-state index >= 15 is 0 Å². The number of fused-ring (bicyclic) bond motifs is 1. The minimum absolute atomic E-state index is 0.0539. The summed E-state index contributed by atoms with van der Waals surface area (Å²) >= 11 is 0. The van der Waals surface area contributed by atoms with Crippen molar-refractivity contribution < 1.29 is 19.1 Å². The second-order valence-electron chi connectivity index (χ2n) is 8.84. The SMILES string of the molecule is COCCNC(=O)c1ccc2c(c1)CN(C1CCOCC1)CCCCCCCN2C(C)=O. The van der Waals surface area contributed by atoms with Crippen molar-refractivity contribution in [1.82, 2.24) is 10.2 Å². The monoisotopic (exact) mass is 445 g/mol. The quantitative estimate of drug-likeness (QED) is 0.704. The van der Waals surface area contributed by atoms with Crippen LogP contribution < -0.4 is 10.2 Å². The standard InChI is InChI=1S/C25H39N3O4/c1-20(29)28-14-7-5-3-4-6-13-27(23-10-15-32-16-11-23)19-22-18-21(8-9-24(22)28)25(30)26-12-17-31-2/h8-9,18,23H,3-7,10-17,19H2,1-2H3,(H,26,30). The lowest BCUT2D eigenvalue weighted by molar-refractivity contribution is -0.116. The number of rotatable bonds is 5. The average Bonchev–Trinajstić information content (AvgIpc) is 2.79. The van der Waals surface area contributed by atoms with Crippen LogP contribution in [0, 0.1) is 0 Å². The molecule has 0 aliphatic carbocycles. The van der Waals surface area contributed by atoms with Gasteiger partial charge >= 0.3 is 0 Å². The number of methoxy groups -OCH3 is 1. The zero-order valence-corrected chi connectivity index (χ0v) is 19.7. The van der Waals surface area contributed by atoms with Crippen LogP contribution >= 0.6 is 0 Å². The molecule has 178 valence electrons. The molecular formula is C25H39N3O4. The lowest BCUT2D eigenvalue weighted by atomic mass is 10.0. The Balaban J connectivity index is 1.92. The molecule has 2 amide bonds. The molecule has 0 saturated carbocycles. The summed E-state index contributed by atoms with van der Waals surface area (Å²) < 4.78 is 10.6. The molecule has 2 aliphatic rings. The van der Waals surface area contributed by atoms with Gasteiger partial charge in [-0.05, 0) is 56.0 Å². The molecule has 1 N–H and O–H groups in total. The van der Waals surface area contributed by atoms with Crippen LogP contribution in [0.1, 0.15) is 67.8 Å². The van der Waals surface area contributed by atoms with Crippen LogP contribution in [-0.4, -0.2) is 69.3 Å². The first kappa shape index (κ1) is 24.7. The molecule has 32 heavy (non-hydrogen) atoms. The molecule has 0 aromatic heterocycles. The van der Waals surface area contributed by atoms with Gasteiger partial charge in [0.1, 0.15) is 0 Å². The van der Waals surface area contributed by atoms with Gasteiger partial charge in [-0.25, -0.2) is 0 Å². The van der Waals surface area contributed by atoms with Crippen molar-refractivity contribution >= 4 is 17.5 Å². The van der Waals surface area contributed by atoms with E-state index in [9.17, 15) is 9.59 Å². The Bertz CT molecular complexity index is 749. The Hall–Kier alpha value is -1.96. The van der Waals surface area contributed by atoms with Crippen LogP contribution in [-0.2, 0) is 20.8 Å². The molecule has 1 aromatic carbocycles. The summed E-state index contributed by atoms with van der Waals surface area (Å²) in [6, 6.07) is 6.24. The van der Waals surface area contributed by atoms with Crippen LogP contribution in [0.2, 0.25) is 0 Å². The van der Waals surface area contributed by atoms with Crippen LogP contribution in [0.25, 0.3) is 0 Å². The second-order valence-corrected chi connectivity index (χ2v) is 8.84. The maximum absolute atomic E-state index is 12.7. The fourth-order valence-corrected chi connectivity index (χ4v) is 4.71. The Kier molecular flexibility index (Phi) is 9.96. The van der Waals surface area contributed by atoms with Gasteiger partial charge in [0.2, 0.25) is 5.91 Å². The summed E-state index contributed by atoms with van der Waals surface area (Å²) in [4.78, 5) is 29.7. The largest absolute Gasteiger partial charge is 0.383 e. The number of nitrogens with one attached hydrogen (secondary N) is 1. The zero-order chi connectivity index (χ0) is 22.8. The van der Waals surface area contributed by atoms with Gasteiger partial charge in [0.05, 0.1) is 6.61 Å². The number of nitrogens with zero attached hydrogens (tertiary/aromatic N) is 2. The van der Waals surface area contributed by atoms with E-state index in [0.29, 0.717) is 24.8 Å². The van der Waals surface area contributed by atoms with Gasteiger partial charge in [-0.2, -0.15) is 0 Å². The minimum Gasteiger partial charge on any atom is -0.383 e. The highest BCUT2D eigenvalue weighted by atomic mass is 16.5.